The summed E-state index contributed by atoms with van der Waals surface area (Å²) in [5.74, 6) is -1.64. The third kappa shape index (κ3) is 11.0. The van der Waals surface area contributed by atoms with E-state index in [4.69, 9.17) is 15.3 Å². The number of nitrogens with two attached hydrogens (primary N) is 1. The number of carboxylic acids is 1. The van der Waals surface area contributed by atoms with Crippen LogP contribution in [0.2, 0.25) is 36.3 Å². The molecule has 0 bridgehead atoms. The Morgan fingerprint density at radius 2 is 1.47 bits per heavy atom. The van der Waals surface area contributed by atoms with Crippen molar-refractivity contribution in [1.82, 2.24) is 9.80 Å². The Morgan fingerprint density at radius 1 is 0.912 bits per heavy atom. The summed E-state index contributed by atoms with van der Waals surface area (Å²) < 4.78 is 6.17. The summed E-state index contributed by atoms with van der Waals surface area (Å²) in [6.07, 6.45) is 1.17. The lowest BCUT2D eigenvalue weighted by Crippen LogP contribution is -2.48. The second-order valence-electron chi connectivity index (χ2n) is 11.7. The van der Waals surface area contributed by atoms with Crippen molar-refractivity contribution >= 4 is 34.4 Å². The molecule has 0 aromatic carbocycles. The van der Waals surface area contributed by atoms with E-state index in [0.717, 1.165) is 0 Å². The number of carboxylic acid groups (broad SMARTS) is 1. The maximum absolute atomic E-state index is 13.1. The van der Waals surface area contributed by atoms with Gasteiger partial charge in [-0.15, -0.1) is 0 Å². The van der Waals surface area contributed by atoms with E-state index < -0.39 is 22.6 Å². The first-order valence-electron chi connectivity index (χ1n) is 12.1. The smallest absolute Gasteiger partial charge is 0.305 e. The molecule has 34 heavy (non-hydrogen) atoms. The van der Waals surface area contributed by atoms with Crippen LogP contribution in [0.1, 0.15) is 53.9 Å². The van der Waals surface area contributed by atoms with Crippen LogP contribution in [0.5, 0.6) is 0 Å². The van der Waals surface area contributed by atoms with Gasteiger partial charge in [-0.2, -0.15) is 0 Å². The van der Waals surface area contributed by atoms with E-state index in [0.29, 0.717) is 26.0 Å². The second-order valence-corrected chi connectivity index (χ2v) is 21.0. The number of aliphatic carboxylic acids is 1. The van der Waals surface area contributed by atoms with Gasteiger partial charge in [-0.05, 0) is 49.1 Å². The molecule has 0 atom stereocenters. The summed E-state index contributed by atoms with van der Waals surface area (Å²) in [4.78, 5) is 50.0. The number of rotatable bonds is 15. The van der Waals surface area contributed by atoms with Gasteiger partial charge < -0.3 is 29.9 Å². The first-order chi connectivity index (χ1) is 15.2. The molecule has 0 aliphatic rings. The molecule has 4 N–H and O–H groups in total. The fourth-order valence-corrected chi connectivity index (χ4v) is 4.74. The van der Waals surface area contributed by atoms with Crippen LogP contribution >= 0.6 is 0 Å². The van der Waals surface area contributed by atoms with E-state index in [1.807, 2.05) is 26.9 Å². The van der Waals surface area contributed by atoms with Crippen LogP contribution in [0.25, 0.3) is 0 Å². The topological polar surface area (TPSA) is 133 Å². The monoisotopic (exact) mass is 519 g/mol. The number of hydrogen-bond donors (Lipinski definition) is 3. The summed E-state index contributed by atoms with van der Waals surface area (Å²) in [6, 6.07) is 0. The van der Waals surface area contributed by atoms with Crippen molar-refractivity contribution < 1.29 is 28.7 Å². The predicted octanol–water partition coefficient (Wildman–Crippen LogP) is 2.86. The average Bonchev–Trinajstić information content (AvgIpc) is 2.66. The molecular weight excluding hydrogens is 470 g/mol. The van der Waals surface area contributed by atoms with Crippen LogP contribution < -0.4 is 5.73 Å². The zero-order valence-electron chi connectivity index (χ0n) is 22.9. The second kappa shape index (κ2) is 13.1. The minimum absolute atomic E-state index is 0.0208. The number of nitrogens with zero attached hydrogens (tertiary/aromatic N) is 2. The summed E-state index contributed by atoms with van der Waals surface area (Å²) in [7, 11) is -4.39. The number of hydrogen-bond acceptors (Lipinski definition) is 6. The Kier molecular flexibility index (Phi) is 12.7. The largest absolute Gasteiger partial charge is 0.481 e. The Hall–Kier alpha value is -1.28. The van der Waals surface area contributed by atoms with E-state index >= 15 is 0 Å². The molecule has 9 nitrogen and oxygen atoms in total. The molecule has 0 aromatic heterocycles. The minimum atomic E-state index is -2.38. The average molecular weight is 520 g/mol. The molecule has 0 aromatic rings. The van der Waals surface area contributed by atoms with Gasteiger partial charge in [-0.25, -0.2) is 0 Å². The van der Waals surface area contributed by atoms with Crippen LogP contribution in [-0.2, 0) is 18.8 Å². The van der Waals surface area contributed by atoms with E-state index in [2.05, 4.69) is 33.9 Å². The summed E-state index contributed by atoms with van der Waals surface area (Å²) >= 11 is 0. The molecule has 11 heteroatoms. The van der Waals surface area contributed by atoms with Crippen molar-refractivity contribution in [3.8, 4) is 0 Å². The molecule has 0 radical (unpaired) electrons. The van der Waals surface area contributed by atoms with Crippen molar-refractivity contribution in [1.29, 1.82) is 0 Å². The van der Waals surface area contributed by atoms with Crippen molar-refractivity contribution in [3.05, 3.63) is 0 Å². The lowest BCUT2D eigenvalue weighted by molar-refractivity contribution is -0.142. The Labute approximate surface area is 208 Å². The van der Waals surface area contributed by atoms with Crippen LogP contribution in [0.3, 0.4) is 0 Å². The van der Waals surface area contributed by atoms with Gasteiger partial charge >= 0.3 is 5.97 Å². The van der Waals surface area contributed by atoms with E-state index in [1.165, 1.54) is 9.80 Å². The van der Waals surface area contributed by atoms with Crippen LogP contribution in [-0.4, -0.2) is 93.5 Å². The maximum atomic E-state index is 13.1. The highest BCUT2D eigenvalue weighted by Gasteiger charge is 2.38. The molecule has 0 saturated heterocycles. The normalized spacial score (nSPS) is 13.0. The molecule has 200 valence electrons. The lowest BCUT2D eigenvalue weighted by atomic mass is 10.1. The van der Waals surface area contributed by atoms with Gasteiger partial charge in [0.05, 0.1) is 26.1 Å². The van der Waals surface area contributed by atoms with Gasteiger partial charge in [0.1, 0.15) is 0 Å². The summed E-state index contributed by atoms with van der Waals surface area (Å²) in [5.41, 5.74) is 5.58. The first-order valence-corrected chi connectivity index (χ1v) is 17.9. The third-order valence-corrected chi connectivity index (χ3v) is 15.4. The number of amides is 2. The zero-order valence-corrected chi connectivity index (χ0v) is 24.9. The highest BCUT2D eigenvalue weighted by atomic mass is 28.4. The standard InChI is InChI=1S/C23H49N3O6Si2/c1-22(2,3)34(8,9)32-16-15-25(14-11-21(29)30)20(28)18-26(19(27)17-24)13-10-12-23(4,5)33(6,7)31/h31H,10-18,24H2,1-9H3,(H,29,30). The van der Waals surface area contributed by atoms with Gasteiger partial charge in [0.25, 0.3) is 0 Å². The maximum Gasteiger partial charge on any atom is 0.305 e. The summed E-state index contributed by atoms with van der Waals surface area (Å²) in [6.45, 7) is 19.1. The Morgan fingerprint density at radius 3 is 1.91 bits per heavy atom. The van der Waals surface area contributed by atoms with Gasteiger partial charge in [0.15, 0.2) is 16.6 Å². The molecule has 0 heterocycles. The third-order valence-electron chi connectivity index (χ3n) is 7.32. The fraction of sp³-hybridized carbons (Fsp3) is 0.870. The lowest BCUT2D eigenvalue weighted by Gasteiger charge is -2.37. The fourth-order valence-electron chi connectivity index (χ4n) is 2.92. The van der Waals surface area contributed by atoms with Crippen LogP contribution in [0.4, 0.5) is 0 Å². The molecule has 0 spiro atoms. The van der Waals surface area contributed by atoms with Gasteiger partial charge in [0, 0.05) is 19.6 Å². The minimum Gasteiger partial charge on any atom is -0.481 e. The van der Waals surface area contributed by atoms with Gasteiger partial charge in [0.2, 0.25) is 11.8 Å². The van der Waals surface area contributed by atoms with E-state index in [9.17, 15) is 19.2 Å². The Bertz CT molecular complexity index is 687. The van der Waals surface area contributed by atoms with Crippen molar-refractivity contribution in [2.24, 2.45) is 5.73 Å². The zero-order chi connectivity index (χ0) is 27.0. The molecule has 2 amide bonds. The van der Waals surface area contributed by atoms with E-state index in [-0.39, 0.29) is 54.5 Å². The quantitative estimate of drug-likeness (QED) is 0.283. The van der Waals surface area contributed by atoms with Crippen molar-refractivity contribution in [2.45, 2.75) is 90.1 Å². The number of carbonyl (C=O) groups excluding carboxylic acids is 2. The van der Waals surface area contributed by atoms with Crippen LogP contribution in [0.15, 0.2) is 0 Å². The molecule has 0 fully saturated rings. The highest BCUT2D eigenvalue weighted by Crippen LogP contribution is 2.39. The summed E-state index contributed by atoms with van der Waals surface area (Å²) in [5, 5.41) is 8.90. The SMILES string of the molecule is CC(C)(CCCN(CC(=O)N(CCO[Si](C)(C)C(C)(C)C)CCC(=O)O)C(=O)CN)[Si](C)(C)O. The molecule has 0 rings (SSSR count). The van der Waals surface area contributed by atoms with Crippen molar-refractivity contribution in [2.75, 3.05) is 39.3 Å². The molecular formula is C23H49N3O6Si2. The van der Waals surface area contributed by atoms with Crippen LogP contribution in [0, 0.1) is 0 Å². The number of carbonyl (C=O) groups is 3. The predicted molar refractivity (Wildman–Crippen MR) is 141 cm³/mol. The van der Waals surface area contributed by atoms with Gasteiger partial charge in [-0.3, -0.25) is 14.4 Å². The molecule has 0 aliphatic carbocycles. The highest BCUT2D eigenvalue weighted by molar-refractivity contribution is 6.74. The molecule has 0 saturated carbocycles. The Balaban J connectivity index is 5.25. The van der Waals surface area contributed by atoms with E-state index in [1.54, 1.807) is 0 Å². The van der Waals surface area contributed by atoms with Crippen molar-refractivity contribution in [3.63, 3.8) is 0 Å². The van der Waals surface area contributed by atoms with Gasteiger partial charge in [-0.1, -0.05) is 34.6 Å². The first kappa shape index (κ1) is 32.7. The molecule has 0 unspecified atom stereocenters. The molecule has 0 aliphatic heterocycles.